The average Bonchev–Trinajstić information content (AvgIpc) is 2.27. The summed E-state index contributed by atoms with van der Waals surface area (Å²) in [6.45, 7) is 4.59. The predicted molar refractivity (Wildman–Crippen MR) is 77.2 cm³/mol. The van der Waals surface area contributed by atoms with Crippen LogP contribution in [0.2, 0.25) is 0 Å². The minimum atomic E-state index is 0.516. The molecule has 3 nitrogen and oxygen atoms in total. The van der Waals surface area contributed by atoms with Crippen molar-refractivity contribution >= 4 is 27.3 Å². The van der Waals surface area contributed by atoms with E-state index in [9.17, 15) is 0 Å². The van der Waals surface area contributed by atoms with E-state index in [0.717, 1.165) is 28.9 Å². The topological polar surface area (TPSA) is 41.3 Å². The zero-order valence-corrected chi connectivity index (χ0v) is 12.0. The number of nitrogens with zero attached hydrogens (tertiary/aromatic N) is 1. The molecule has 0 radical (unpaired) electrons. The predicted octanol–water partition coefficient (Wildman–Crippen LogP) is 2.78. The van der Waals surface area contributed by atoms with Gasteiger partial charge in [-0.05, 0) is 44.1 Å². The second kappa shape index (κ2) is 5.27. The van der Waals surface area contributed by atoms with Crippen molar-refractivity contribution in [1.29, 1.82) is 0 Å². The molecule has 1 aliphatic heterocycles. The van der Waals surface area contributed by atoms with Crippen LogP contribution in [0.4, 0.5) is 11.4 Å². The molecule has 1 aliphatic rings. The number of nitrogens with two attached hydrogens (primary N) is 1. The molecule has 0 aromatic heterocycles. The van der Waals surface area contributed by atoms with Crippen LogP contribution in [0, 0.1) is 5.92 Å². The maximum atomic E-state index is 5.99. The summed E-state index contributed by atoms with van der Waals surface area (Å²) in [5.41, 5.74) is 7.85. The third kappa shape index (κ3) is 3.13. The van der Waals surface area contributed by atoms with Gasteiger partial charge < -0.3 is 16.0 Å². The summed E-state index contributed by atoms with van der Waals surface area (Å²) in [4.78, 5) is 2.38. The highest BCUT2D eigenvalue weighted by atomic mass is 79.9. The van der Waals surface area contributed by atoms with Crippen molar-refractivity contribution in [3.05, 3.63) is 22.7 Å². The van der Waals surface area contributed by atoms with Gasteiger partial charge in [0.1, 0.15) is 0 Å². The van der Waals surface area contributed by atoms with Crippen LogP contribution >= 0.6 is 15.9 Å². The van der Waals surface area contributed by atoms with Gasteiger partial charge in [-0.2, -0.15) is 0 Å². The molecule has 0 bridgehead atoms. The number of halogens is 1. The summed E-state index contributed by atoms with van der Waals surface area (Å²) in [5, 5.41) is 3.58. The standard InChI is InChI=1S/C13H20BrN3/c1-9-8-17(2)6-5-12(9)16-13-7-10(14)3-4-11(13)15/h3-4,7,9,12,16H,5-6,8,15H2,1-2H3. The Labute approximate surface area is 111 Å². The van der Waals surface area contributed by atoms with Crippen LogP contribution in [-0.4, -0.2) is 31.1 Å². The van der Waals surface area contributed by atoms with Crippen LogP contribution < -0.4 is 11.1 Å². The lowest BCUT2D eigenvalue weighted by Gasteiger charge is -2.36. The van der Waals surface area contributed by atoms with Gasteiger partial charge >= 0.3 is 0 Å². The summed E-state index contributed by atoms with van der Waals surface area (Å²) in [6.07, 6.45) is 1.17. The highest BCUT2D eigenvalue weighted by Crippen LogP contribution is 2.27. The Balaban J connectivity index is 2.07. The molecule has 0 aliphatic carbocycles. The molecule has 94 valence electrons. The minimum Gasteiger partial charge on any atom is -0.397 e. The van der Waals surface area contributed by atoms with Gasteiger partial charge in [0.05, 0.1) is 11.4 Å². The van der Waals surface area contributed by atoms with Gasteiger partial charge in [-0.1, -0.05) is 22.9 Å². The summed E-state index contributed by atoms with van der Waals surface area (Å²) in [7, 11) is 2.18. The lowest BCUT2D eigenvalue weighted by atomic mass is 9.94. The summed E-state index contributed by atoms with van der Waals surface area (Å²) in [5.74, 6) is 0.645. The molecular formula is C13H20BrN3. The normalized spacial score (nSPS) is 25.8. The fraction of sp³-hybridized carbons (Fsp3) is 0.538. The Hall–Kier alpha value is -0.740. The van der Waals surface area contributed by atoms with Crippen molar-refractivity contribution in [1.82, 2.24) is 4.90 Å². The zero-order chi connectivity index (χ0) is 12.4. The molecule has 1 aromatic rings. The number of nitrogens with one attached hydrogen (secondary N) is 1. The Morgan fingerprint density at radius 3 is 2.94 bits per heavy atom. The summed E-state index contributed by atoms with van der Waals surface area (Å²) >= 11 is 3.48. The van der Waals surface area contributed by atoms with Crippen LogP contribution in [0.5, 0.6) is 0 Å². The summed E-state index contributed by atoms with van der Waals surface area (Å²) in [6, 6.07) is 6.48. The van der Waals surface area contributed by atoms with Crippen LogP contribution in [0.25, 0.3) is 0 Å². The van der Waals surface area contributed by atoms with Crippen molar-refractivity contribution in [2.45, 2.75) is 19.4 Å². The van der Waals surface area contributed by atoms with Gasteiger partial charge in [0, 0.05) is 17.1 Å². The van der Waals surface area contributed by atoms with E-state index in [0.29, 0.717) is 12.0 Å². The van der Waals surface area contributed by atoms with Crippen molar-refractivity contribution in [3.63, 3.8) is 0 Å². The van der Waals surface area contributed by atoms with Gasteiger partial charge in [-0.15, -0.1) is 0 Å². The number of rotatable bonds is 2. The number of nitrogen functional groups attached to an aromatic ring is 1. The van der Waals surface area contributed by atoms with E-state index in [2.05, 4.69) is 46.2 Å². The third-order valence-electron chi connectivity index (χ3n) is 3.46. The van der Waals surface area contributed by atoms with E-state index in [1.807, 2.05) is 12.1 Å². The molecule has 1 saturated heterocycles. The second-order valence-corrected chi connectivity index (χ2v) is 5.93. The number of benzene rings is 1. The van der Waals surface area contributed by atoms with Crippen LogP contribution in [0.3, 0.4) is 0 Å². The molecule has 0 amide bonds. The number of hydrogen-bond donors (Lipinski definition) is 2. The molecule has 0 spiro atoms. The molecule has 17 heavy (non-hydrogen) atoms. The van der Waals surface area contributed by atoms with Crippen molar-refractivity contribution in [2.24, 2.45) is 5.92 Å². The van der Waals surface area contributed by atoms with E-state index in [1.165, 1.54) is 6.42 Å². The third-order valence-corrected chi connectivity index (χ3v) is 3.96. The van der Waals surface area contributed by atoms with E-state index >= 15 is 0 Å². The van der Waals surface area contributed by atoms with E-state index in [1.54, 1.807) is 0 Å². The Kier molecular flexibility index (Phi) is 3.94. The van der Waals surface area contributed by atoms with Gasteiger partial charge in [-0.25, -0.2) is 0 Å². The quantitative estimate of drug-likeness (QED) is 0.825. The van der Waals surface area contributed by atoms with Gasteiger partial charge in [-0.3, -0.25) is 0 Å². The fourth-order valence-corrected chi connectivity index (χ4v) is 2.78. The lowest BCUT2D eigenvalue weighted by molar-refractivity contribution is 0.206. The molecule has 1 fully saturated rings. The van der Waals surface area contributed by atoms with Gasteiger partial charge in [0.25, 0.3) is 0 Å². The smallest absolute Gasteiger partial charge is 0.0587 e. The van der Waals surface area contributed by atoms with Crippen LogP contribution in [-0.2, 0) is 0 Å². The highest BCUT2D eigenvalue weighted by Gasteiger charge is 2.24. The first-order chi connectivity index (χ1) is 8.06. The van der Waals surface area contributed by atoms with Gasteiger partial charge in [0.2, 0.25) is 0 Å². The first kappa shape index (κ1) is 12.7. The van der Waals surface area contributed by atoms with E-state index in [-0.39, 0.29) is 0 Å². The van der Waals surface area contributed by atoms with Crippen LogP contribution in [0.15, 0.2) is 22.7 Å². The molecule has 2 rings (SSSR count). The maximum Gasteiger partial charge on any atom is 0.0587 e. The highest BCUT2D eigenvalue weighted by molar-refractivity contribution is 9.10. The Morgan fingerprint density at radius 1 is 1.47 bits per heavy atom. The monoisotopic (exact) mass is 297 g/mol. The average molecular weight is 298 g/mol. The van der Waals surface area contributed by atoms with Crippen LogP contribution in [0.1, 0.15) is 13.3 Å². The van der Waals surface area contributed by atoms with Crippen molar-refractivity contribution in [3.8, 4) is 0 Å². The number of piperidine rings is 1. The van der Waals surface area contributed by atoms with Crippen molar-refractivity contribution in [2.75, 3.05) is 31.2 Å². The van der Waals surface area contributed by atoms with Gasteiger partial charge in [0.15, 0.2) is 0 Å². The van der Waals surface area contributed by atoms with E-state index in [4.69, 9.17) is 5.73 Å². The summed E-state index contributed by atoms with van der Waals surface area (Å²) < 4.78 is 1.06. The Bertz CT molecular complexity index is 394. The SMILES string of the molecule is CC1CN(C)CCC1Nc1cc(Br)ccc1N. The molecule has 3 N–H and O–H groups in total. The molecular weight excluding hydrogens is 278 g/mol. The zero-order valence-electron chi connectivity index (χ0n) is 10.4. The molecule has 2 atom stereocenters. The Morgan fingerprint density at radius 2 is 2.24 bits per heavy atom. The number of hydrogen-bond acceptors (Lipinski definition) is 3. The first-order valence-corrected chi connectivity index (χ1v) is 6.85. The molecule has 4 heteroatoms. The minimum absolute atomic E-state index is 0.516. The van der Waals surface area contributed by atoms with Crippen molar-refractivity contribution < 1.29 is 0 Å². The first-order valence-electron chi connectivity index (χ1n) is 6.06. The molecule has 2 unspecified atom stereocenters. The lowest BCUT2D eigenvalue weighted by Crippen LogP contribution is -2.43. The second-order valence-electron chi connectivity index (χ2n) is 5.01. The molecule has 0 saturated carbocycles. The maximum absolute atomic E-state index is 5.99. The fourth-order valence-electron chi connectivity index (χ4n) is 2.42. The molecule has 1 aromatic carbocycles. The number of anilines is 2. The largest absolute Gasteiger partial charge is 0.397 e. The van der Waals surface area contributed by atoms with E-state index < -0.39 is 0 Å². The molecule has 1 heterocycles. The number of likely N-dealkylation sites (tertiary alicyclic amines) is 1.